The topological polar surface area (TPSA) is 75.4 Å². The van der Waals surface area contributed by atoms with Gasteiger partial charge in [-0.3, -0.25) is 9.59 Å². The number of rotatable bonds is 3. The van der Waals surface area contributed by atoms with Crippen molar-refractivity contribution < 1.29 is 18.5 Å². The molecule has 2 fully saturated rings. The zero-order chi connectivity index (χ0) is 20.5. The summed E-state index contributed by atoms with van der Waals surface area (Å²) >= 11 is 0. The lowest BCUT2D eigenvalue weighted by atomic mass is 9.88. The van der Waals surface area contributed by atoms with Gasteiger partial charge in [0.25, 0.3) is 0 Å². The van der Waals surface area contributed by atoms with Gasteiger partial charge in [-0.2, -0.15) is 0 Å². The highest BCUT2D eigenvalue weighted by Crippen LogP contribution is 2.36. The van der Waals surface area contributed by atoms with E-state index in [1.807, 2.05) is 17.9 Å². The van der Waals surface area contributed by atoms with E-state index in [9.17, 15) is 14.0 Å². The summed E-state index contributed by atoms with van der Waals surface area (Å²) in [7, 11) is 0. The molecule has 2 aliphatic rings. The summed E-state index contributed by atoms with van der Waals surface area (Å²) in [4.78, 5) is 27.5. The molecule has 6 nitrogen and oxygen atoms in total. The van der Waals surface area contributed by atoms with Gasteiger partial charge in [0.1, 0.15) is 11.6 Å². The van der Waals surface area contributed by atoms with Crippen molar-refractivity contribution in [3.8, 4) is 0 Å². The van der Waals surface area contributed by atoms with Crippen molar-refractivity contribution in [2.24, 2.45) is 0 Å². The number of hydrogen-bond acceptors (Lipinski definition) is 4. The molecule has 0 aliphatic carbocycles. The van der Waals surface area contributed by atoms with E-state index < -0.39 is 0 Å². The average Bonchev–Trinajstić information content (AvgIpc) is 3.18. The first kappa shape index (κ1) is 19.6. The van der Waals surface area contributed by atoms with E-state index in [4.69, 9.17) is 4.52 Å². The molecule has 154 valence electrons. The third-order valence-corrected chi connectivity index (χ3v) is 6.23. The number of nitrogens with one attached hydrogen (secondary N) is 1. The molecule has 3 atom stereocenters. The van der Waals surface area contributed by atoms with E-state index in [2.05, 4.69) is 10.5 Å². The van der Waals surface area contributed by atoms with Gasteiger partial charge in [0.05, 0.1) is 24.2 Å². The van der Waals surface area contributed by atoms with Gasteiger partial charge in [-0.25, -0.2) is 4.39 Å². The van der Waals surface area contributed by atoms with Gasteiger partial charge < -0.3 is 14.7 Å². The lowest BCUT2D eigenvalue weighted by Gasteiger charge is -2.31. The van der Waals surface area contributed by atoms with E-state index in [1.54, 1.807) is 13.0 Å². The lowest BCUT2D eigenvalue weighted by molar-refractivity contribution is -0.132. The first-order valence-corrected chi connectivity index (χ1v) is 10.2. The summed E-state index contributed by atoms with van der Waals surface area (Å²) in [6, 6.07) is 6.16. The van der Waals surface area contributed by atoms with Crippen LogP contribution < -0.4 is 5.32 Å². The molecule has 1 N–H and O–H groups in total. The number of fused-ring (bicyclic) bond motifs is 1. The number of hydrogen-bond donors (Lipinski definition) is 1. The third-order valence-electron chi connectivity index (χ3n) is 6.23. The molecule has 2 amide bonds. The van der Waals surface area contributed by atoms with Crippen molar-refractivity contribution in [1.82, 2.24) is 15.4 Å². The van der Waals surface area contributed by atoms with E-state index in [-0.39, 0.29) is 42.1 Å². The highest BCUT2D eigenvalue weighted by Gasteiger charge is 2.45. The normalized spacial score (nSPS) is 24.6. The standard InChI is InChI=1S/C22H26FN3O3/c1-13-17(14(2)29-25-13)11-21(28)26-12-18(15-6-5-7-16(23)10-15)22-19(26)8-3-4-9-20(27)24-22/h5-7,10,18-19,22H,3-4,8-9,11-12H2,1-2H3,(H,24,27)/t18-,19+,22-/m0/s1. The number of halogens is 1. The maximum Gasteiger partial charge on any atom is 0.227 e. The Bertz CT molecular complexity index is 906. The molecule has 1 aromatic heterocycles. The summed E-state index contributed by atoms with van der Waals surface area (Å²) in [5, 5.41) is 7.07. The van der Waals surface area contributed by atoms with Gasteiger partial charge in [-0.15, -0.1) is 0 Å². The quantitative estimate of drug-likeness (QED) is 0.861. The second-order valence-electron chi connectivity index (χ2n) is 8.09. The van der Waals surface area contributed by atoms with E-state index in [0.717, 1.165) is 36.1 Å². The number of nitrogens with zero attached hydrogens (tertiary/aromatic N) is 2. The maximum absolute atomic E-state index is 13.9. The Kier molecular flexibility index (Phi) is 5.39. The molecule has 7 heteroatoms. The molecule has 0 spiro atoms. The first-order chi connectivity index (χ1) is 13.9. The summed E-state index contributed by atoms with van der Waals surface area (Å²) in [6.45, 7) is 4.10. The molecule has 4 rings (SSSR count). The van der Waals surface area contributed by atoms with Crippen molar-refractivity contribution in [2.45, 2.75) is 64.0 Å². The molecule has 1 aromatic carbocycles. The zero-order valence-electron chi connectivity index (χ0n) is 16.8. The van der Waals surface area contributed by atoms with Crippen LogP contribution in [0.25, 0.3) is 0 Å². The molecule has 0 radical (unpaired) electrons. The Morgan fingerprint density at radius 1 is 1.34 bits per heavy atom. The average molecular weight is 399 g/mol. The third kappa shape index (κ3) is 3.91. The fourth-order valence-corrected chi connectivity index (χ4v) is 4.70. The van der Waals surface area contributed by atoms with E-state index in [1.165, 1.54) is 12.1 Å². The molecule has 0 unspecified atom stereocenters. The summed E-state index contributed by atoms with van der Waals surface area (Å²) in [5.74, 6) is 0.201. The highest BCUT2D eigenvalue weighted by molar-refractivity contribution is 5.81. The predicted molar refractivity (Wildman–Crippen MR) is 105 cm³/mol. The first-order valence-electron chi connectivity index (χ1n) is 10.2. The second kappa shape index (κ2) is 7.97. The van der Waals surface area contributed by atoms with Crippen LogP contribution in [0.5, 0.6) is 0 Å². The van der Waals surface area contributed by atoms with Crippen molar-refractivity contribution in [3.05, 3.63) is 52.7 Å². The minimum atomic E-state index is -0.309. The van der Waals surface area contributed by atoms with Crippen LogP contribution in [0.15, 0.2) is 28.8 Å². The summed E-state index contributed by atoms with van der Waals surface area (Å²) < 4.78 is 19.1. The Morgan fingerprint density at radius 3 is 2.90 bits per heavy atom. The molecular weight excluding hydrogens is 373 g/mol. The number of carbonyl (C=O) groups excluding carboxylic acids is 2. The van der Waals surface area contributed by atoms with Crippen LogP contribution in [0, 0.1) is 19.7 Å². The number of carbonyl (C=O) groups is 2. The lowest BCUT2D eigenvalue weighted by Crippen LogP contribution is -2.49. The predicted octanol–water partition coefficient (Wildman–Crippen LogP) is 3.03. The molecule has 0 bridgehead atoms. The largest absolute Gasteiger partial charge is 0.361 e. The molecular formula is C22H26FN3O3. The van der Waals surface area contributed by atoms with Crippen LogP contribution in [0.4, 0.5) is 4.39 Å². The molecule has 0 saturated carbocycles. The monoisotopic (exact) mass is 399 g/mol. The molecule has 2 aromatic rings. The Hall–Kier alpha value is -2.70. The zero-order valence-corrected chi connectivity index (χ0v) is 16.8. The van der Waals surface area contributed by atoms with Gasteiger partial charge >= 0.3 is 0 Å². The van der Waals surface area contributed by atoms with Crippen molar-refractivity contribution >= 4 is 11.8 Å². The van der Waals surface area contributed by atoms with E-state index >= 15 is 0 Å². The summed E-state index contributed by atoms with van der Waals surface area (Å²) in [6.07, 6.45) is 3.23. The molecule has 29 heavy (non-hydrogen) atoms. The van der Waals surface area contributed by atoms with Crippen LogP contribution in [0.2, 0.25) is 0 Å². The number of aryl methyl sites for hydroxylation is 2. The van der Waals surface area contributed by atoms with Gasteiger partial charge in [-0.1, -0.05) is 23.7 Å². The molecule has 2 saturated heterocycles. The van der Waals surface area contributed by atoms with Crippen molar-refractivity contribution in [2.75, 3.05) is 6.54 Å². The van der Waals surface area contributed by atoms with Gasteiger partial charge in [0, 0.05) is 24.4 Å². The molecule has 3 heterocycles. The highest BCUT2D eigenvalue weighted by atomic mass is 19.1. The van der Waals surface area contributed by atoms with Crippen LogP contribution in [-0.4, -0.2) is 40.5 Å². The maximum atomic E-state index is 13.9. The number of amides is 2. The Morgan fingerprint density at radius 2 is 2.17 bits per heavy atom. The SMILES string of the molecule is Cc1noc(C)c1CC(=O)N1C[C@@H](c2cccc(F)c2)[C@@H]2NC(=O)CCCC[C@H]21. The minimum absolute atomic E-state index is 0.00104. The van der Waals surface area contributed by atoms with Gasteiger partial charge in [0.15, 0.2) is 0 Å². The van der Waals surface area contributed by atoms with Crippen LogP contribution in [0.1, 0.15) is 54.2 Å². The second-order valence-corrected chi connectivity index (χ2v) is 8.09. The fraction of sp³-hybridized carbons (Fsp3) is 0.500. The van der Waals surface area contributed by atoms with Crippen LogP contribution in [0.3, 0.4) is 0 Å². The number of benzene rings is 1. The summed E-state index contributed by atoms with van der Waals surface area (Å²) in [5.41, 5.74) is 2.35. The van der Waals surface area contributed by atoms with Gasteiger partial charge in [-0.05, 0) is 44.4 Å². The van der Waals surface area contributed by atoms with Crippen molar-refractivity contribution in [1.29, 1.82) is 0 Å². The smallest absolute Gasteiger partial charge is 0.227 e. The fourth-order valence-electron chi connectivity index (χ4n) is 4.70. The molecule has 2 aliphatic heterocycles. The Balaban J connectivity index is 1.64. The van der Waals surface area contributed by atoms with Crippen LogP contribution in [-0.2, 0) is 16.0 Å². The number of likely N-dealkylation sites (tertiary alicyclic amines) is 1. The van der Waals surface area contributed by atoms with Crippen molar-refractivity contribution in [3.63, 3.8) is 0 Å². The van der Waals surface area contributed by atoms with E-state index in [0.29, 0.717) is 18.7 Å². The van der Waals surface area contributed by atoms with Crippen LogP contribution >= 0.6 is 0 Å². The Labute approximate surface area is 169 Å². The number of aromatic nitrogens is 1. The van der Waals surface area contributed by atoms with Gasteiger partial charge in [0.2, 0.25) is 11.8 Å². The minimum Gasteiger partial charge on any atom is -0.361 e.